The van der Waals surface area contributed by atoms with Gasteiger partial charge in [0.25, 0.3) is 0 Å². The van der Waals surface area contributed by atoms with Crippen LogP contribution in [0.1, 0.15) is 30.9 Å². The highest BCUT2D eigenvalue weighted by Gasteiger charge is 2.19. The summed E-state index contributed by atoms with van der Waals surface area (Å²) in [6, 6.07) is 11.3. The van der Waals surface area contributed by atoms with Gasteiger partial charge in [-0.2, -0.15) is 0 Å². The number of aliphatic hydroxyl groups excluding tert-OH is 1. The van der Waals surface area contributed by atoms with Crippen molar-refractivity contribution in [2.24, 2.45) is 4.99 Å². The van der Waals surface area contributed by atoms with Crippen molar-refractivity contribution >= 4 is 35.6 Å². The van der Waals surface area contributed by atoms with Crippen LogP contribution in [-0.2, 0) is 13.0 Å². The van der Waals surface area contributed by atoms with E-state index >= 15 is 0 Å². The van der Waals surface area contributed by atoms with Gasteiger partial charge in [-0.1, -0.05) is 12.1 Å². The predicted octanol–water partition coefficient (Wildman–Crippen LogP) is 3.43. The standard InChI is InChI=1S/C24H31FN4O3.HI/c1-2-26-24(27-10-7-17-4-6-22-23(14-17)32-16-31-22)28-15-18-3-5-21(20(25)13-18)29-11-8-19(30)9-12-29;/h3-6,13-14,19,30H,2,7-12,15-16H2,1H3,(H2,26,27,28);1H. The zero-order valence-corrected chi connectivity index (χ0v) is 21.2. The lowest BCUT2D eigenvalue weighted by Crippen LogP contribution is -2.38. The topological polar surface area (TPSA) is 78.4 Å². The molecule has 0 amide bonds. The molecule has 3 N–H and O–H groups in total. The molecule has 1 saturated heterocycles. The monoisotopic (exact) mass is 570 g/mol. The van der Waals surface area contributed by atoms with E-state index in [1.807, 2.05) is 42.2 Å². The number of halogens is 2. The molecule has 1 fully saturated rings. The van der Waals surface area contributed by atoms with E-state index in [0.29, 0.717) is 50.7 Å². The highest BCUT2D eigenvalue weighted by atomic mass is 127. The number of fused-ring (bicyclic) bond motifs is 1. The van der Waals surface area contributed by atoms with Crippen LogP contribution >= 0.6 is 24.0 Å². The molecule has 0 aliphatic carbocycles. The van der Waals surface area contributed by atoms with Crippen LogP contribution in [0.15, 0.2) is 41.4 Å². The first kappa shape index (κ1) is 25.4. The Morgan fingerprint density at radius 1 is 1.09 bits per heavy atom. The summed E-state index contributed by atoms with van der Waals surface area (Å²) in [6.07, 6.45) is 1.89. The van der Waals surface area contributed by atoms with E-state index in [2.05, 4.69) is 15.6 Å². The summed E-state index contributed by atoms with van der Waals surface area (Å²) in [4.78, 5) is 6.60. The number of guanidine groups is 1. The molecule has 2 aromatic carbocycles. The smallest absolute Gasteiger partial charge is 0.231 e. The SMILES string of the molecule is CCNC(=NCc1ccc(N2CCC(O)CC2)c(F)c1)NCCc1ccc2c(c1)OCO2.I. The molecule has 0 spiro atoms. The summed E-state index contributed by atoms with van der Waals surface area (Å²) < 4.78 is 25.5. The van der Waals surface area contributed by atoms with Crippen LogP contribution in [-0.4, -0.2) is 50.1 Å². The lowest BCUT2D eigenvalue weighted by molar-refractivity contribution is 0.145. The third-order valence-electron chi connectivity index (χ3n) is 5.72. The third-order valence-corrected chi connectivity index (χ3v) is 5.72. The maximum absolute atomic E-state index is 14.7. The van der Waals surface area contributed by atoms with Crippen molar-refractivity contribution in [2.75, 3.05) is 37.9 Å². The zero-order valence-electron chi connectivity index (χ0n) is 18.8. The second kappa shape index (κ2) is 12.3. The minimum Gasteiger partial charge on any atom is -0.454 e. The molecule has 2 aliphatic heterocycles. The summed E-state index contributed by atoms with van der Waals surface area (Å²) in [5.41, 5.74) is 2.56. The van der Waals surface area contributed by atoms with Crippen LogP contribution < -0.4 is 25.0 Å². The number of rotatable bonds is 7. The van der Waals surface area contributed by atoms with Crippen molar-refractivity contribution < 1.29 is 19.0 Å². The maximum atomic E-state index is 14.7. The van der Waals surface area contributed by atoms with E-state index in [4.69, 9.17) is 9.47 Å². The Balaban J connectivity index is 0.00000306. The molecule has 2 heterocycles. The molecule has 0 bridgehead atoms. The van der Waals surface area contributed by atoms with Crippen molar-refractivity contribution in [3.05, 3.63) is 53.3 Å². The van der Waals surface area contributed by atoms with Crippen LogP contribution in [0.4, 0.5) is 10.1 Å². The van der Waals surface area contributed by atoms with Crippen molar-refractivity contribution in [3.63, 3.8) is 0 Å². The number of nitrogens with one attached hydrogen (secondary N) is 2. The molecule has 0 atom stereocenters. The highest BCUT2D eigenvalue weighted by Crippen LogP contribution is 2.32. The number of aliphatic imine (C=N–C) groups is 1. The van der Waals surface area contributed by atoms with Gasteiger partial charge in [-0.05, 0) is 61.6 Å². The Kier molecular flexibility index (Phi) is 9.42. The van der Waals surface area contributed by atoms with Crippen LogP contribution in [0.5, 0.6) is 11.5 Å². The fourth-order valence-electron chi connectivity index (χ4n) is 3.95. The molecule has 9 heteroatoms. The zero-order chi connectivity index (χ0) is 22.3. The predicted molar refractivity (Wildman–Crippen MR) is 138 cm³/mol. The fourth-order valence-corrected chi connectivity index (χ4v) is 3.95. The summed E-state index contributed by atoms with van der Waals surface area (Å²) >= 11 is 0. The van der Waals surface area contributed by atoms with Gasteiger partial charge in [0.05, 0.1) is 18.3 Å². The summed E-state index contributed by atoms with van der Waals surface area (Å²) in [5, 5.41) is 16.2. The Hall–Kier alpha value is -2.27. The van der Waals surface area contributed by atoms with Gasteiger partial charge >= 0.3 is 0 Å². The van der Waals surface area contributed by atoms with Gasteiger partial charge in [0, 0.05) is 26.2 Å². The molecular weight excluding hydrogens is 538 g/mol. The lowest BCUT2D eigenvalue weighted by Gasteiger charge is -2.31. The van der Waals surface area contributed by atoms with E-state index in [1.54, 1.807) is 6.07 Å². The Labute approximate surface area is 211 Å². The lowest BCUT2D eigenvalue weighted by atomic mass is 10.1. The number of ether oxygens (including phenoxy) is 2. The number of benzene rings is 2. The average molecular weight is 570 g/mol. The van der Waals surface area contributed by atoms with Crippen LogP contribution in [0.2, 0.25) is 0 Å². The largest absolute Gasteiger partial charge is 0.454 e. The van der Waals surface area contributed by atoms with Crippen molar-refractivity contribution in [2.45, 2.75) is 38.8 Å². The van der Waals surface area contributed by atoms with Gasteiger partial charge in [0.1, 0.15) is 5.82 Å². The third kappa shape index (κ3) is 6.86. The Morgan fingerprint density at radius 3 is 2.61 bits per heavy atom. The average Bonchev–Trinajstić information content (AvgIpc) is 3.26. The Bertz CT molecular complexity index is 951. The van der Waals surface area contributed by atoms with Gasteiger partial charge in [0.2, 0.25) is 6.79 Å². The fraction of sp³-hybridized carbons (Fsp3) is 0.458. The Morgan fingerprint density at radius 2 is 1.85 bits per heavy atom. The minimum absolute atomic E-state index is 0. The maximum Gasteiger partial charge on any atom is 0.231 e. The van der Waals surface area contributed by atoms with E-state index in [0.717, 1.165) is 35.6 Å². The van der Waals surface area contributed by atoms with Gasteiger partial charge in [-0.3, -0.25) is 0 Å². The molecule has 0 radical (unpaired) electrons. The van der Waals surface area contributed by atoms with E-state index in [1.165, 1.54) is 0 Å². The van der Waals surface area contributed by atoms with Crippen molar-refractivity contribution in [1.82, 2.24) is 10.6 Å². The number of anilines is 1. The molecule has 0 saturated carbocycles. The van der Waals surface area contributed by atoms with Gasteiger partial charge in [0.15, 0.2) is 17.5 Å². The number of piperidine rings is 1. The molecular formula is C24H32FIN4O3. The first-order valence-corrected chi connectivity index (χ1v) is 11.2. The van der Waals surface area contributed by atoms with Crippen molar-refractivity contribution in [1.29, 1.82) is 0 Å². The number of aliphatic hydroxyl groups is 1. The highest BCUT2D eigenvalue weighted by molar-refractivity contribution is 14.0. The summed E-state index contributed by atoms with van der Waals surface area (Å²) in [5.74, 6) is 2.03. The van der Waals surface area contributed by atoms with Crippen LogP contribution in [0.25, 0.3) is 0 Å². The first-order chi connectivity index (χ1) is 15.6. The van der Waals surface area contributed by atoms with Crippen molar-refractivity contribution in [3.8, 4) is 11.5 Å². The minimum atomic E-state index is -0.273. The molecule has 0 aromatic heterocycles. The van der Waals surface area contributed by atoms with Gasteiger partial charge in [-0.25, -0.2) is 9.38 Å². The van der Waals surface area contributed by atoms with Gasteiger partial charge in [-0.15, -0.1) is 24.0 Å². The molecule has 33 heavy (non-hydrogen) atoms. The van der Waals surface area contributed by atoms with Gasteiger partial charge < -0.3 is 30.1 Å². The number of hydrogen-bond acceptors (Lipinski definition) is 5. The summed E-state index contributed by atoms with van der Waals surface area (Å²) in [6.45, 7) is 5.47. The van der Waals surface area contributed by atoms with E-state index in [-0.39, 0.29) is 42.7 Å². The molecule has 180 valence electrons. The van der Waals surface area contributed by atoms with Crippen LogP contribution in [0.3, 0.4) is 0 Å². The molecule has 7 nitrogen and oxygen atoms in total. The molecule has 4 rings (SSSR count). The quantitative estimate of drug-likeness (QED) is 0.269. The molecule has 2 aliphatic rings. The molecule has 0 unspecified atom stereocenters. The number of nitrogens with zero attached hydrogens (tertiary/aromatic N) is 2. The van der Waals surface area contributed by atoms with E-state index in [9.17, 15) is 9.50 Å². The molecule has 2 aromatic rings. The van der Waals surface area contributed by atoms with Crippen LogP contribution in [0, 0.1) is 5.82 Å². The first-order valence-electron chi connectivity index (χ1n) is 11.2. The van der Waals surface area contributed by atoms with E-state index < -0.39 is 0 Å². The second-order valence-electron chi connectivity index (χ2n) is 8.06. The number of hydrogen-bond donors (Lipinski definition) is 3. The second-order valence-corrected chi connectivity index (χ2v) is 8.06. The summed E-state index contributed by atoms with van der Waals surface area (Å²) in [7, 11) is 0. The normalized spacial score (nSPS) is 15.8.